The molecule has 0 saturated carbocycles. The summed E-state index contributed by atoms with van der Waals surface area (Å²) in [5.74, 6) is -1.92. The second kappa shape index (κ2) is 35.6. The van der Waals surface area contributed by atoms with Crippen LogP contribution in [0.3, 0.4) is 0 Å². The second-order valence-corrected chi connectivity index (χ2v) is 35.0. The minimum absolute atomic E-state index is 0.0314. The predicted molar refractivity (Wildman–Crippen MR) is 412 cm³/mol. The Labute approximate surface area is 645 Å². The Morgan fingerprint density at radius 3 is 1.37 bits per heavy atom. The second-order valence-electron chi connectivity index (χ2n) is 30.7. The average molecular weight is 1560 g/mol. The molecule has 0 unspecified atom stereocenters. The van der Waals surface area contributed by atoms with Crippen LogP contribution in [0.1, 0.15) is 67.3 Å². The lowest BCUT2D eigenvalue weighted by atomic mass is 10.0. The van der Waals surface area contributed by atoms with Crippen molar-refractivity contribution in [1.29, 1.82) is 0 Å². The van der Waals surface area contributed by atoms with Crippen molar-refractivity contribution in [2.24, 2.45) is 0 Å². The lowest BCUT2D eigenvalue weighted by molar-refractivity contribution is -0.140. The zero-order valence-electron chi connectivity index (χ0n) is 64.2. The molecule has 2 amide bonds. The van der Waals surface area contributed by atoms with Gasteiger partial charge >= 0.3 is 24.4 Å². The number of aliphatic hydroxyl groups is 1. The molecule has 22 nitrogen and oxygen atoms in total. The maximum absolute atomic E-state index is 14.8. The van der Waals surface area contributed by atoms with Crippen LogP contribution in [0.5, 0.6) is 12.0 Å². The fourth-order valence-electron chi connectivity index (χ4n) is 15.9. The van der Waals surface area contributed by atoms with Gasteiger partial charge in [0.1, 0.15) is 59.7 Å². The smallest absolute Gasteiger partial charge is 0.421 e. The van der Waals surface area contributed by atoms with Gasteiger partial charge in [-0.1, -0.05) is 106 Å². The number of halogens is 8. The van der Waals surface area contributed by atoms with Crippen molar-refractivity contribution in [2.45, 2.75) is 113 Å². The first kappa shape index (κ1) is 82.6. The number of aromatic nitrogens is 4. The molecule has 4 aromatic carbocycles. The lowest BCUT2D eigenvalue weighted by Gasteiger charge is -2.44. The highest BCUT2D eigenvalue weighted by Gasteiger charge is 2.53. The summed E-state index contributed by atoms with van der Waals surface area (Å²) >= 11 is 0. The third-order valence-corrected chi connectivity index (χ3v) is 26.5. The monoisotopic (exact) mass is 1560 g/mol. The van der Waals surface area contributed by atoms with Crippen molar-refractivity contribution in [3.63, 3.8) is 0 Å². The van der Waals surface area contributed by atoms with Crippen LogP contribution >= 0.6 is 0 Å². The van der Waals surface area contributed by atoms with E-state index in [1.165, 1.54) is 50.5 Å². The summed E-state index contributed by atoms with van der Waals surface area (Å²) in [6.07, 6.45) is -1.96. The molecule has 594 valence electrons. The fraction of sp³-hybridized carbons (Fsp3) is 0.500. The number of hydrogen-bond donors (Lipinski definition) is 1. The zero-order valence-corrected chi connectivity index (χ0v) is 65.2. The normalized spacial score (nSPS) is 20.9. The molecule has 8 heterocycles. The number of carbonyl (C=O) groups is 2. The number of anilines is 4. The summed E-state index contributed by atoms with van der Waals surface area (Å²) in [6.45, 7) is 27.4. The Morgan fingerprint density at radius 2 is 0.982 bits per heavy atom. The Kier molecular flexibility index (Phi) is 26.5. The quantitative estimate of drug-likeness (QED) is 0.0295. The average Bonchev–Trinajstić information content (AvgIpc) is 1.59. The molecular weight excluding hydrogens is 1460 g/mol. The number of ether oxygens (including phenoxy) is 2. The fourth-order valence-corrected chi connectivity index (χ4v) is 20.6. The van der Waals surface area contributed by atoms with Crippen LogP contribution in [0.2, 0.25) is 5.04 Å². The van der Waals surface area contributed by atoms with E-state index in [-0.39, 0.29) is 124 Å². The number of alkyl halides is 6. The molecule has 0 bridgehead atoms. The van der Waals surface area contributed by atoms with Gasteiger partial charge in [0, 0.05) is 114 Å². The van der Waals surface area contributed by atoms with Crippen LogP contribution in [0.15, 0.2) is 121 Å². The molecule has 6 aromatic rings. The van der Waals surface area contributed by atoms with Crippen molar-refractivity contribution in [3.8, 4) is 12.0 Å². The van der Waals surface area contributed by atoms with Crippen molar-refractivity contribution in [1.82, 2.24) is 49.3 Å². The molecule has 0 aliphatic carbocycles. The molecule has 31 heteroatoms. The Hall–Kier alpha value is -9.34. The first-order chi connectivity index (χ1) is 52.8. The van der Waals surface area contributed by atoms with Crippen LogP contribution in [0.4, 0.5) is 58.1 Å². The van der Waals surface area contributed by atoms with E-state index >= 15 is 0 Å². The minimum Gasteiger partial charge on any atom is -0.462 e. The van der Waals surface area contributed by atoms with E-state index in [0.717, 1.165) is 23.3 Å². The minimum atomic E-state index is -4.91. The molecule has 2 aromatic heterocycles. The highest BCUT2D eigenvalue weighted by Crippen LogP contribution is 2.44. The third kappa shape index (κ3) is 19.4. The number of benzene rings is 4. The van der Waals surface area contributed by atoms with E-state index in [9.17, 15) is 49.8 Å². The van der Waals surface area contributed by atoms with Gasteiger partial charge in [-0.05, 0) is 108 Å². The Balaban J connectivity index is 0.000000231. The van der Waals surface area contributed by atoms with Crippen LogP contribution < -0.4 is 39.4 Å². The first-order valence-electron chi connectivity index (χ1n) is 37.4. The SMILES string of the molecule is [C-]#[N+]C[C@H]1CN(c2nc(OC[C@@H]3C[C@@H](O)CN3C)nc3c2CCN(c2cccc(F)c2C(F)(F)F)C3)CCN1C(=O)/C=C/CN(C)C.[C-]#[N+]C[C@H]1CN(c2nc(OC[C@@H]3C[C@@H](O[Si](c4ccccc4)(c4ccccc4)C(C)(C)C)CN3C)nc3c2CCN(c2cccc(F)c2C(F)(F)F)C3)CCN1C(=O)/C=C/CN(C)C. The van der Waals surface area contributed by atoms with Gasteiger partial charge in [-0.3, -0.25) is 19.4 Å². The van der Waals surface area contributed by atoms with E-state index < -0.39 is 61.6 Å². The molecule has 6 aliphatic heterocycles. The molecule has 111 heavy (non-hydrogen) atoms. The van der Waals surface area contributed by atoms with E-state index in [0.29, 0.717) is 101 Å². The summed E-state index contributed by atoms with van der Waals surface area (Å²) in [6, 6.07) is 26.9. The number of β-amino-alcohol motifs (C(OH)–C–C–N with tert-alkyl or cyclic N) is 1. The Morgan fingerprint density at radius 1 is 0.559 bits per heavy atom. The van der Waals surface area contributed by atoms with Crippen molar-refractivity contribution < 1.29 is 63.7 Å². The number of fused-ring (bicyclic) bond motifs is 2. The predicted octanol–water partition coefficient (Wildman–Crippen LogP) is 8.97. The molecule has 4 fully saturated rings. The summed E-state index contributed by atoms with van der Waals surface area (Å²) in [7, 11) is 8.72. The van der Waals surface area contributed by atoms with E-state index in [2.05, 4.69) is 88.9 Å². The number of aliphatic hydroxyl groups excluding tert-OH is 1. The van der Waals surface area contributed by atoms with Gasteiger partial charge in [0.05, 0.1) is 48.1 Å². The van der Waals surface area contributed by atoms with Crippen LogP contribution in [0, 0.1) is 24.8 Å². The molecule has 0 radical (unpaired) electrons. The van der Waals surface area contributed by atoms with Crippen LogP contribution in [-0.2, 0) is 52.3 Å². The molecule has 6 atom stereocenters. The van der Waals surface area contributed by atoms with Crippen molar-refractivity contribution in [2.75, 3.05) is 167 Å². The van der Waals surface area contributed by atoms with E-state index in [1.807, 2.05) is 78.9 Å². The molecular formula is C80H98F8N16O6Si. The lowest BCUT2D eigenvalue weighted by Crippen LogP contribution is -2.67. The number of likely N-dealkylation sites (N-methyl/N-ethyl adjacent to an activating group) is 4. The van der Waals surface area contributed by atoms with Gasteiger partial charge in [-0.15, -0.1) is 0 Å². The van der Waals surface area contributed by atoms with Gasteiger partial charge in [0.25, 0.3) is 8.32 Å². The summed E-state index contributed by atoms with van der Waals surface area (Å²) in [5, 5.41) is 12.3. The van der Waals surface area contributed by atoms with Crippen LogP contribution in [-0.4, -0.2) is 258 Å². The largest absolute Gasteiger partial charge is 0.462 e. The first-order valence-corrected chi connectivity index (χ1v) is 39.3. The van der Waals surface area contributed by atoms with Gasteiger partial charge in [0.15, 0.2) is 0 Å². The number of nitrogens with zero attached hydrogens (tertiary/aromatic N) is 16. The van der Waals surface area contributed by atoms with E-state index in [1.54, 1.807) is 28.0 Å². The highest BCUT2D eigenvalue weighted by molar-refractivity contribution is 6.99. The van der Waals surface area contributed by atoms with Crippen LogP contribution in [0.25, 0.3) is 9.69 Å². The topological polar surface area (TPSA) is 175 Å². The summed E-state index contributed by atoms with van der Waals surface area (Å²) in [4.78, 5) is 71.4. The summed E-state index contributed by atoms with van der Waals surface area (Å²) < 4.78 is 134. The van der Waals surface area contributed by atoms with Gasteiger partial charge in [-0.25, -0.2) is 21.9 Å². The third-order valence-electron chi connectivity index (χ3n) is 21.4. The number of rotatable bonds is 22. The summed E-state index contributed by atoms with van der Waals surface area (Å²) in [5.41, 5.74) is -0.740. The van der Waals surface area contributed by atoms with Crippen molar-refractivity contribution in [3.05, 3.63) is 189 Å². The van der Waals surface area contributed by atoms with E-state index in [4.69, 9.17) is 42.0 Å². The molecule has 4 saturated heterocycles. The maximum atomic E-state index is 14.8. The Bertz CT molecular complexity index is 4330. The highest BCUT2D eigenvalue weighted by atomic mass is 28.4. The number of piperazine rings is 2. The maximum Gasteiger partial charge on any atom is 0.421 e. The zero-order chi connectivity index (χ0) is 79.7. The van der Waals surface area contributed by atoms with Crippen molar-refractivity contribution >= 4 is 53.5 Å². The molecule has 6 aliphatic rings. The van der Waals surface area contributed by atoms with Gasteiger partial charge in [0.2, 0.25) is 24.9 Å². The van der Waals surface area contributed by atoms with Gasteiger partial charge < -0.3 is 67.9 Å². The van der Waals surface area contributed by atoms with Gasteiger partial charge in [-0.2, -0.15) is 46.3 Å². The number of hydrogen-bond acceptors (Lipinski definition) is 18. The molecule has 0 spiro atoms. The molecule has 12 rings (SSSR count). The standard InChI is InChI=1S/C48H58F4N8O3Si.C32H40F4N8O3/c1-47(2,3)64(37-16-10-8-11-17-37,38-18-12-9-13-19-38)63-36-28-34(57(7)31-36)33-62-46-54-41-32-58(42-21-14-20-40(49)44(42)48(50,51)52)25-23-39(41)45(55-46)59-26-27-60(35(30-59)29-53-4)43(61)22-15-24-56(5)6;1-37-16-22-17-43(13-14-44(22)28(46)9-6-11-40(2)3)30-24-10-12-42(27-8-5-7-25(33)29(27)32(34,35)36)19-26(24)38-31(39-30)47-20-21-15-23(45)18-41(21)4/h8-22,34-36H,23-33H2,1-3,5-7H3;5-9,21-23,45H,10-20H2,2-4H3/b22-15+;9-6+/t34-,35-,36+;21-,22-,23+/m00/s1. The number of amides is 2. The molecule has 1 N–H and O–H groups in total. The number of carbonyl (C=O) groups excluding carboxylic acids is 2. The number of likely N-dealkylation sites (tertiary alicyclic amines) is 2.